The van der Waals surface area contributed by atoms with Crippen LogP contribution >= 0.6 is 0 Å². The number of amides is 1. The quantitative estimate of drug-likeness (QED) is 0.920. The second-order valence-corrected chi connectivity index (χ2v) is 6.79. The molecule has 1 amide bonds. The van der Waals surface area contributed by atoms with Crippen LogP contribution in [0.15, 0.2) is 18.5 Å². The van der Waals surface area contributed by atoms with E-state index in [0.717, 1.165) is 42.6 Å². The minimum Gasteiger partial charge on any atom is -0.383 e. The van der Waals surface area contributed by atoms with Crippen LogP contribution in [0.4, 0.5) is 5.82 Å². The largest absolute Gasteiger partial charge is 0.383 e. The number of anilines is 1. The summed E-state index contributed by atoms with van der Waals surface area (Å²) in [6.45, 7) is 0.769. The molecular weight excluding hydrogens is 302 g/mol. The lowest BCUT2D eigenvalue weighted by Crippen LogP contribution is -2.46. The molecule has 0 radical (unpaired) electrons. The highest BCUT2D eigenvalue weighted by molar-refractivity contribution is 6.02. The summed E-state index contributed by atoms with van der Waals surface area (Å²) in [6, 6.07) is 2.31. The zero-order chi connectivity index (χ0) is 16.7. The molecule has 126 valence electrons. The van der Waals surface area contributed by atoms with Gasteiger partial charge in [-0.15, -0.1) is 0 Å². The van der Waals surface area contributed by atoms with Gasteiger partial charge in [-0.2, -0.15) is 5.10 Å². The highest BCUT2D eigenvalue weighted by atomic mass is 16.2. The Labute approximate surface area is 141 Å². The highest BCUT2D eigenvalue weighted by Gasteiger charge is 2.34. The second-order valence-electron chi connectivity index (χ2n) is 6.79. The van der Waals surface area contributed by atoms with Crippen molar-refractivity contribution < 1.29 is 4.79 Å². The van der Waals surface area contributed by atoms with Gasteiger partial charge in [-0.3, -0.25) is 9.48 Å². The van der Waals surface area contributed by atoms with Crippen molar-refractivity contribution in [3.05, 3.63) is 29.6 Å². The minimum atomic E-state index is 0.0529. The lowest BCUT2D eigenvalue weighted by Gasteiger charge is -2.38. The number of rotatable bonds is 2. The van der Waals surface area contributed by atoms with Gasteiger partial charge in [-0.25, -0.2) is 4.98 Å². The van der Waals surface area contributed by atoms with Gasteiger partial charge in [0.15, 0.2) is 0 Å². The molecule has 0 unspecified atom stereocenters. The Morgan fingerprint density at radius 3 is 2.75 bits per heavy atom. The number of hydrogen-bond donors (Lipinski definition) is 1. The van der Waals surface area contributed by atoms with Crippen LogP contribution in [0.3, 0.4) is 0 Å². The average molecular weight is 325 g/mol. The number of fused-ring (bicyclic) bond motifs is 1. The number of nitrogens with two attached hydrogens (primary N) is 1. The predicted octanol–water partition coefficient (Wildman–Crippen LogP) is 2.40. The average Bonchev–Trinajstić information content (AvgIpc) is 3.02. The van der Waals surface area contributed by atoms with Gasteiger partial charge >= 0.3 is 0 Å². The third-order valence-corrected chi connectivity index (χ3v) is 5.41. The summed E-state index contributed by atoms with van der Waals surface area (Å²) in [5.74, 6) is 0.401. The fourth-order valence-electron chi connectivity index (χ4n) is 4.14. The van der Waals surface area contributed by atoms with Crippen LogP contribution in [0.1, 0.15) is 48.0 Å². The molecule has 0 spiro atoms. The van der Waals surface area contributed by atoms with E-state index in [-0.39, 0.29) is 5.91 Å². The zero-order valence-corrected chi connectivity index (χ0v) is 14.0. The van der Waals surface area contributed by atoms with Gasteiger partial charge in [0.1, 0.15) is 5.82 Å². The Morgan fingerprint density at radius 1 is 1.25 bits per heavy atom. The maximum absolute atomic E-state index is 13.1. The summed E-state index contributed by atoms with van der Waals surface area (Å²) in [7, 11) is 1.90. The Bertz CT molecular complexity index is 776. The fourth-order valence-corrected chi connectivity index (χ4v) is 4.14. The van der Waals surface area contributed by atoms with Gasteiger partial charge < -0.3 is 10.6 Å². The summed E-state index contributed by atoms with van der Waals surface area (Å²) < 4.78 is 1.81. The van der Waals surface area contributed by atoms with E-state index in [1.807, 2.05) is 22.7 Å². The lowest BCUT2D eigenvalue weighted by atomic mass is 9.89. The highest BCUT2D eigenvalue weighted by Crippen LogP contribution is 2.34. The Hall–Kier alpha value is -2.37. The molecule has 0 saturated heterocycles. The number of nitrogen functional groups attached to an aromatic ring is 1. The van der Waals surface area contributed by atoms with Gasteiger partial charge in [0.2, 0.25) is 0 Å². The predicted molar refractivity (Wildman–Crippen MR) is 92.5 cm³/mol. The van der Waals surface area contributed by atoms with E-state index in [1.54, 1.807) is 12.4 Å². The van der Waals surface area contributed by atoms with Crippen LogP contribution < -0.4 is 5.73 Å². The maximum atomic E-state index is 13.1. The van der Waals surface area contributed by atoms with Gasteiger partial charge in [-0.1, -0.05) is 19.3 Å². The number of aromatic nitrogens is 3. The summed E-state index contributed by atoms with van der Waals surface area (Å²) in [6.07, 6.45) is 10.3. The first-order valence-electron chi connectivity index (χ1n) is 8.73. The maximum Gasteiger partial charge on any atom is 0.258 e. The molecule has 6 heteroatoms. The number of pyridine rings is 1. The molecule has 2 aliphatic rings. The van der Waals surface area contributed by atoms with Gasteiger partial charge in [0, 0.05) is 37.6 Å². The molecule has 0 atom stereocenters. The van der Waals surface area contributed by atoms with Crippen LogP contribution in [0.5, 0.6) is 0 Å². The van der Waals surface area contributed by atoms with Crippen molar-refractivity contribution >= 4 is 11.7 Å². The van der Waals surface area contributed by atoms with Crippen molar-refractivity contribution in [2.75, 3.05) is 12.3 Å². The van der Waals surface area contributed by atoms with E-state index in [0.29, 0.717) is 17.4 Å². The van der Waals surface area contributed by atoms with E-state index >= 15 is 0 Å². The lowest BCUT2D eigenvalue weighted by molar-refractivity contribution is 0.0616. The molecule has 3 heterocycles. The van der Waals surface area contributed by atoms with Gasteiger partial charge in [0.05, 0.1) is 11.3 Å². The molecule has 24 heavy (non-hydrogen) atoms. The number of aryl methyl sites for hydroxylation is 1. The third kappa shape index (κ3) is 2.37. The number of carbonyl (C=O) groups excluding carboxylic acids is 1. The molecule has 6 nitrogen and oxygen atoms in total. The molecule has 1 fully saturated rings. The molecule has 2 aromatic heterocycles. The first kappa shape index (κ1) is 15.2. The van der Waals surface area contributed by atoms with E-state index in [9.17, 15) is 4.79 Å². The van der Waals surface area contributed by atoms with E-state index in [4.69, 9.17) is 5.73 Å². The monoisotopic (exact) mass is 325 g/mol. The van der Waals surface area contributed by atoms with E-state index in [1.165, 1.54) is 19.3 Å². The molecule has 1 aliphatic carbocycles. The van der Waals surface area contributed by atoms with Gasteiger partial charge in [0.25, 0.3) is 5.91 Å². The summed E-state index contributed by atoms with van der Waals surface area (Å²) in [5.41, 5.74) is 9.66. The van der Waals surface area contributed by atoms with Crippen molar-refractivity contribution in [3.63, 3.8) is 0 Å². The summed E-state index contributed by atoms with van der Waals surface area (Å²) in [5, 5.41) is 4.23. The summed E-state index contributed by atoms with van der Waals surface area (Å²) in [4.78, 5) is 19.5. The van der Waals surface area contributed by atoms with Crippen LogP contribution in [-0.4, -0.2) is 38.2 Å². The van der Waals surface area contributed by atoms with E-state index < -0.39 is 0 Å². The third-order valence-electron chi connectivity index (χ3n) is 5.41. The van der Waals surface area contributed by atoms with Crippen molar-refractivity contribution in [1.82, 2.24) is 19.7 Å². The fraction of sp³-hybridized carbons (Fsp3) is 0.500. The minimum absolute atomic E-state index is 0.0529. The molecular formula is C18H23N5O. The van der Waals surface area contributed by atoms with Crippen molar-refractivity contribution in [1.29, 1.82) is 0 Å². The number of nitrogens with zero attached hydrogens (tertiary/aromatic N) is 4. The van der Waals surface area contributed by atoms with Crippen LogP contribution in [0.2, 0.25) is 0 Å². The standard InChI is InChI=1S/C18H23N5O/c1-22-15(7-9-21-22)14-11-20-17(19)16-13(14)8-10-23(18(16)24)12-5-3-2-4-6-12/h7,9,11-12H,2-6,8,10H2,1H3,(H2,19,20). The Kier molecular flexibility index (Phi) is 3.75. The number of carbonyl (C=O) groups is 1. The molecule has 0 bridgehead atoms. The normalized spacial score (nSPS) is 18.7. The van der Waals surface area contributed by atoms with Crippen LogP contribution in [0, 0.1) is 0 Å². The van der Waals surface area contributed by atoms with E-state index in [2.05, 4.69) is 10.1 Å². The van der Waals surface area contributed by atoms with Crippen LogP contribution in [-0.2, 0) is 13.5 Å². The molecule has 1 aliphatic heterocycles. The molecule has 2 N–H and O–H groups in total. The Balaban J connectivity index is 1.75. The molecule has 1 saturated carbocycles. The van der Waals surface area contributed by atoms with Crippen LogP contribution in [0.25, 0.3) is 11.3 Å². The SMILES string of the molecule is Cn1nccc1-c1cnc(N)c2c1CCN(C1CCCCC1)C2=O. The first-order chi connectivity index (χ1) is 11.7. The molecule has 4 rings (SSSR count). The Morgan fingerprint density at radius 2 is 2.04 bits per heavy atom. The van der Waals surface area contributed by atoms with Crippen molar-refractivity contribution in [3.8, 4) is 11.3 Å². The topological polar surface area (TPSA) is 77.0 Å². The van der Waals surface area contributed by atoms with Crippen molar-refractivity contribution in [2.45, 2.75) is 44.6 Å². The zero-order valence-electron chi connectivity index (χ0n) is 14.0. The smallest absolute Gasteiger partial charge is 0.258 e. The van der Waals surface area contributed by atoms with Crippen molar-refractivity contribution in [2.24, 2.45) is 7.05 Å². The molecule has 0 aromatic carbocycles. The number of hydrogen-bond acceptors (Lipinski definition) is 4. The second kappa shape index (κ2) is 5.92. The first-order valence-corrected chi connectivity index (χ1v) is 8.73. The van der Waals surface area contributed by atoms with Gasteiger partial charge in [-0.05, 0) is 30.9 Å². The molecule has 2 aromatic rings. The summed E-state index contributed by atoms with van der Waals surface area (Å²) >= 11 is 0.